The molecule has 0 radical (unpaired) electrons. The number of carbonyl (C=O) groups excluding carboxylic acids is 1. The van der Waals surface area contributed by atoms with E-state index < -0.39 is 16.1 Å². The Morgan fingerprint density at radius 2 is 1.64 bits per heavy atom. The summed E-state index contributed by atoms with van der Waals surface area (Å²) in [5.41, 5.74) is 1.89. The van der Waals surface area contributed by atoms with Gasteiger partial charge < -0.3 is 0 Å². The van der Waals surface area contributed by atoms with Gasteiger partial charge >= 0.3 is 0 Å². The maximum absolute atomic E-state index is 12.4. The molecule has 0 fully saturated rings. The average Bonchev–Trinajstić information content (AvgIpc) is 2.48. The van der Waals surface area contributed by atoms with Crippen LogP contribution in [0.3, 0.4) is 0 Å². The monoisotopic (exact) mass is 317 g/mol. The minimum atomic E-state index is -3.71. The van der Waals surface area contributed by atoms with Gasteiger partial charge in [0.25, 0.3) is 0 Å². The number of hydrogen-bond acceptors (Lipinski definition) is 3. The quantitative estimate of drug-likeness (QED) is 0.890. The van der Waals surface area contributed by atoms with Gasteiger partial charge in [-0.3, -0.25) is 4.79 Å². The van der Waals surface area contributed by atoms with Crippen molar-refractivity contribution >= 4 is 15.8 Å². The van der Waals surface area contributed by atoms with E-state index >= 15 is 0 Å². The topological polar surface area (TPSA) is 63.2 Å². The number of rotatable bonds is 6. The third-order valence-corrected chi connectivity index (χ3v) is 4.89. The minimum absolute atomic E-state index is 0.164. The molecule has 2 rings (SSSR count). The molecule has 0 spiro atoms. The zero-order valence-electron chi connectivity index (χ0n) is 12.6. The van der Waals surface area contributed by atoms with Crippen molar-refractivity contribution in [1.82, 2.24) is 4.72 Å². The van der Waals surface area contributed by atoms with Crippen molar-refractivity contribution in [1.29, 1.82) is 0 Å². The van der Waals surface area contributed by atoms with E-state index in [4.69, 9.17) is 0 Å². The molecule has 0 aliphatic rings. The number of nitrogens with one attached hydrogen (secondary N) is 1. The first-order valence-corrected chi connectivity index (χ1v) is 8.50. The molecule has 22 heavy (non-hydrogen) atoms. The highest BCUT2D eigenvalue weighted by atomic mass is 32.2. The van der Waals surface area contributed by atoms with Gasteiger partial charge in [-0.2, -0.15) is 0 Å². The van der Waals surface area contributed by atoms with Crippen LogP contribution >= 0.6 is 0 Å². The van der Waals surface area contributed by atoms with Crippen LogP contribution in [0.25, 0.3) is 0 Å². The molecular formula is C17H19NO3S. The van der Waals surface area contributed by atoms with Crippen molar-refractivity contribution < 1.29 is 13.2 Å². The standard InChI is InChI=1S/C17H19NO3S/c1-13-8-10-16(11-9-13)22(20,21)18-17(14(2)19)12-15-6-4-3-5-7-15/h3-11,17-18H,12H2,1-2H3/t17-/m0/s1. The lowest BCUT2D eigenvalue weighted by Gasteiger charge is -2.16. The Hall–Kier alpha value is -1.98. The van der Waals surface area contributed by atoms with Crippen molar-refractivity contribution in [3.8, 4) is 0 Å². The van der Waals surface area contributed by atoms with Crippen molar-refractivity contribution in [2.75, 3.05) is 0 Å². The van der Waals surface area contributed by atoms with Gasteiger partial charge in [-0.1, -0.05) is 48.0 Å². The van der Waals surface area contributed by atoms with E-state index in [-0.39, 0.29) is 10.7 Å². The van der Waals surface area contributed by atoms with Gasteiger partial charge in [-0.25, -0.2) is 13.1 Å². The summed E-state index contributed by atoms with van der Waals surface area (Å²) < 4.78 is 27.3. The fourth-order valence-electron chi connectivity index (χ4n) is 2.09. The van der Waals surface area contributed by atoms with Gasteiger partial charge in [-0.15, -0.1) is 0 Å². The number of ketones is 1. The minimum Gasteiger partial charge on any atom is -0.298 e. The number of benzene rings is 2. The van der Waals surface area contributed by atoms with Crippen molar-refractivity contribution in [2.24, 2.45) is 0 Å². The average molecular weight is 317 g/mol. The van der Waals surface area contributed by atoms with Crippen LogP contribution in [0.15, 0.2) is 59.5 Å². The van der Waals surface area contributed by atoms with Gasteiger partial charge in [-0.05, 0) is 38.0 Å². The van der Waals surface area contributed by atoms with Gasteiger partial charge in [0, 0.05) is 0 Å². The van der Waals surface area contributed by atoms with Crippen LogP contribution < -0.4 is 4.72 Å². The Labute approximate surface area is 131 Å². The number of sulfonamides is 1. The highest BCUT2D eigenvalue weighted by Gasteiger charge is 2.23. The molecule has 2 aromatic carbocycles. The molecule has 0 aliphatic carbocycles. The Bertz CT molecular complexity index is 737. The number of hydrogen-bond donors (Lipinski definition) is 1. The van der Waals surface area contributed by atoms with Crippen LogP contribution in [0.2, 0.25) is 0 Å². The summed E-state index contributed by atoms with van der Waals surface area (Å²) in [7, 11) is -3.71. The van der Waals surface area contributed by atoms with Crippen molar-refractivity contribution in [2.45, 2.75) is 31.2 Å². The molecule has 4 nitrogen and oxygen atoms in total. The molecule has 5 heteroatoms. The predicted octanol–water partition coefficient (Wildman–Crippen LogP) is 2.47. The van der Waals surface area contributed by atoms with Crippen molar-refractivity contribution in [3.05, 3.63) is 65.7 Å². The molecule has 0 aromatic heterocycles. The van der Waals surface area contributed by atoms with E-state index in [0.29, 0.717) is 6.42 Å². The van der Waals surface area contributed by atoms with Crippen LogP contribution in [0.4, 0.5) is 0 Å². The van der Waals surface area contributed by atoms with Crippen LogP contribution in [0, 0.1) is 6.92 Å². The predicted molar refractivity (Wildman–Crippen MR) is 86.1 cm³/mol. The maximum atomic E-state index is 12.4. The Kier molecular flexibility index (Phi) is 5.11. The first-order chi connectivity index (χ1) is 10.4. The van der Waals surface area contributed by atoms with Crippen LogP contribution in [0.5, 0.6) is 0 Å². The molecule has 0 aliphatic heterocycles. The fourth-order valence-corrected chi connectivity index (χ4v) is 3.35. The maximum Gasteiger partial charge on any atom is 0.241 e. The zero-order valence-corrected chi connectivity index (χ0v) is 13.4. The van der Waals surface area contributed by atoms with Crippen molar-refractivity contribution in [3.63, 3.8) is 0 Å². The summed E-state index contributed by atoms with van der Waals surface area (Å²) in [6.45, 7) is 3.28. The van der Waals surface area contributed by atoms with Gasteiger partial charge in [0.1, 0.15) is 5.78 Å². The van der Waals surface area contributed by atoms with E-state index in [9.17, 15) is 13.2 Å². The summed E-state index contributed by atoms with van der Waals surface area (Å²) >= 11 is 0. The third kappa shape index (κ3) is 4.26. The lowest BCUT2D eigenvalue weighted by molar-refractivity contribution is -0.118. The van der Waals surface area contributed by atoms with E-state index in [1.54, 1.807) is 12.1 Å². The number of carbonyl (C=O) groups is 1. The largest absolute Gasteiger partial charge is 0.298 e. The molecule has 0 saturated carbocycles. The van der Waals surface area contributed by atoms with Crippen LogP contribution in [-0.2, 0) is 21.2 Å². The van der Waals surface area contributed by atoms with E-state index in [1.165, 1.54) is 19.1 Å². The molecule has 116 valence electrons. The molecule has 1 N–H and O–H groups in total. The second-order valence-electron chi connectivity index (χ2n) is 5.29. The lowest BCUT2D eigenvalue weighted by Crippen LogP contribution is -2.41. The second kappa shape index (κ2) is 6.85. The summed E-state index contributed by atoms with van der Waals surface area (Å²) in [5.74, 6) is -0.209. The fraction of sp³-hybridized carbons (Fsp3) is 0.235. The summed E-state index contributed by atoms with van der Waals surface area (Å²) in [6, 6.07) is 15.1. The summed E-state index contributed by atoms with van der Waals surface area (Å²) in [4.78, 5) is 11.9. The van der Waals surface area contributed by atoms with Crippen LogP contribution in [0.1, 0.15) is 18.1 Å². The van der Waals surface area contributed by atoms with E-state index in [2.05, 4.69) is 4.72 Å². The van der Waals surface area contributed by atoms with Crippen LogP contribution in [-0.4, -0.2) is 20.2 Å². The van der Waals surface area contributed by atoms with E-state index in [1.807, 2.05) is 37.3 Å². The smallest absolute Gasteiger partial charge is 0.241 e. The zero-order chi connectivity index (χ0) is 16.2. The third-order valence-electron chi connectivity index (χ3n) is 3.40. The van der Waals surface area contributed by atoms with E-state index in [0.717, 1.165) is 11.1 Å². The summed E-state index contributed by atoms with van der Waals surface area (Å²) in [5, 5.41) is 0. The highest BCUT2D eigenvalue weighted by Crippen LogP contribution is 2.12. The second-order valence-corrected chi connectivity index (χ2v) is 7.00. The molecular weight excluding hydrogens is 298 g/mol. The Balaban J connectivity index is 2.20. The molecule has 0 heterocycles. The van der Waals surface area contributed by atoms with Gasteiger partial charge in [0.2, 0.25) is 10.0 Å². The Morgan fingerprint density at radius 1 is 1.05 bits per heavy atom. The molecule has 1 atom stereocenters. The molecule has 0 saturated heterocycles. The number of Topliss-reactive ketones (excluding diaryl/α,β-unsaturated/α-hetero) is 1. The number of aryl methyl sites for hydroxylation is 1. The molecule has 2 aromatic rings. The van der Waals surface area contributed by atoms with Gasteiger partial charge in [0.05, 0.1) is 10.9 Å². The normalized spacial score (nSPS) is 12.8. The molecule has 0 unspecified atom stereocenters. The Morgan fingerprint density at radius 3 is 2.18 bits per heavy atom. The lowest BCUT2D eigenvalue weighted by atomic mass is 10.0. The summed E-state index contributed by atoms with van der Waals surface area (Å²) in [6.07, 6.45) is 0.335. The SMILES string of the molecule is CC(=O)[C@H](Cc1ccccc1)NS(=O)(=O)c1ccc(C)cc1. The first-order valence-electron chi connectivity index (χ1n) is 7.02. The van der Waals surface area contributed by atoms with Gasteiger partial charge in [0.15, 0.2) is 0 Å². The first kappa shape index (κ1) is 16.4. The molecule has 0 amide bonds. The molecule has 0 bridgehead atoms. The highest BCUT2D eigenvalue weighted by molar-refractivity contribution is 7.89.